The van der Waals surface area contributed by atoms with Gasteiger partial charge in [-0.1, -0.05) is 74.5 Å². The summed E-state index contributed by atoms with van der Waals surface area (Å²) in [4.78, 5) is 7.01. The normalized spacial score (nSPS) is 18.2. The first-order chi connectivity index (χ1) is 19.1. The minimum atomic E-state index is -3.56. The second-order valence-electron chi connectivity index (χ2n) is 10.8. The van der Waals surface area contributed by atoms with Crippen LogP contribution >= 0.6 is 0 Å². The number of hydrogen-bond donors (Lipinski definition) is 1. The molecule has 0 spiro atoms. The lowest BCUT2D eigenvalue weighted by Gasteiger charge is -2.26. The van der Waals surface area contributed by atoms with Crippen molar-refractivity contribution in [1.29, 1.82) is 0 Å². The van der Waals surface area contributed by atoms with Crippen LogP contribution in [-0.2, 0) is 16.6 Å². The molecule has 40 heavy (non-hydrogen) atoms. The molecule has 1 aliphatic carbocycles. The lowest BCUT2D eigenvalue weighted by molar-refractivity contribution is 0.431. The van der Waals surface area contributed by atoms with E-state index in [0.29, 0.717) is 35.7 Å². The van der Waals surface area contributed by atoms with Gasteiger partial charge >= 0.3 is 0 Å². The minimum absolute atomic E-state index is 0.228. The first-order valence-corrected chi connectivity index (χ1v) is 15.3. The largest absolute Gasteiger partial charge is 0.420 e. The molecule has 0 saturated heterocycles. The molecule has 3 unspecified atom stereocenters. The Kier molecular flexibility index (Phi) is 7.91. The van der Waals surface area contributed by atoms with Crippen LogP contribution in [0.5, 0.6) is 0 Å². The Hall–Kier alpha value is -3.76. The summed E-state index contributed by atoms with van der Waals surface area (Å²) in [7, 11) is -2.06. The molecular formula is C30H36N6O3S. The van der Waals surface area contributed by atoms with E-state index in [-0.39, 0.29) is 23.7 Å². The van der Waals surface area contributed by atoms with Crippen LogP contribution in [0.2, 0.25) is 0 Å². The summed E-state index contributed by atoms with van der Waals surface area (Å²) in [6.07, 6.45) is 2.32. The van der Waals surface area contributed by atoms with Gasteiger partial charge in [-0.05, 0) is 41.5 Å². The van der Waals surface area contributed by atoms with Crippen molar-refractivity contribution in [1.82, 2.24) is 15.2 Å². The fourth-order valence-electron chi connectivity index (χ4n) is 4.75. The van der Waals surface area contributed by atoms with Gasteiger partial charge in [0.15, 0.2) is 0 Å². The lowest BCUT2D eigenvalue weighted by atomic mass is 9.95. The highest BCUT2D eigenvalue weighted by atomic mass is 32.2. The van der Waals surface area contributed by atoms with E-state index in [2.05, 4.69) is 34.2 Å². The molecule has 1 aliphatic rings. The Balaban J connectivity index is 1.52. The van der Waals surface area contributed by atoms with Crippen LogP contribution in [0.1, 0.15) is 49.2 Å². The monoisotopic (exact) mass is 560 g/mol. The van der Waals surface area contributed by atoms with Crippen molar-refractivity contribution in [2.24, 2.45) is 17.6 Å². The summed E-state index contributed by atoms with van der Waals surface area (Å²) in [5.41, 5.74) is 9.23. The van der Waals surface area contributed by atoms with Gasteiger partial charge in [0.25, 0.3) is 0 Å². The quantitative estimate of drug-likeness (QED) is 0.272. The first kappa shape index (κ1) is 27.8. The van der Waals surface area contributed by atoms with Gasteiger partial charge in [0.1, 0.15) is 11.6 Å². The summed E-state index contributed by atoms with van der Waals surface area (Å²) in [6.45, 7) is 5.65. The van der Waals surface area contributed by atoms with Crippen molar-refractivity contribution in [2.45, 2.75) is 38.8 Å². The average molecular weight is 561 g/mol. The van der Waals surface area contributed by atoms with Crippen molar-refractivity contribution in [2.75, 3.05) is 29.1 Å². The van der Waals surface area contributed by atoms with E-state index >= 15 is 0 Å². The summed E-state index contributed by atoms with van der Waals surface area (Å²) in [6, 6.07) is 23.2. The van der Waals surface area contributed by atoms with Crippen LogP contribution in [0.15, 0.2) is 77.2 Å². The van der Waals surface area contributed by atoms with E-state index in [9.17, 15) is 8.42 Å². The van der Waals surface area contributed by atoms with E-state index in [1.165, 1.54) is 11.4 Å². The molecule has 5 rings (SSSR count). The second-order valence-corrected chi connectivity index (χ2v) is 12.8. The maximum atomic E-state index is 12.5. The van der Waals surface area contributed by atoms with E-state index in [0.717, 1.165) is 30.3 Å². The predicted molar refractivity (Wildman–Crippen MR) is 157 cm³/mol. The molecule has 2 N–H and O–H groups in total. The molecule has 0 bridgehead atoms. The number of sulfonamides is 1. The fourth-order valence-corrected chi connectivity index (χ4v) is 5.18. The minimum Gasteiger partial charge on any atom is -0.420 e. The molecule has 1 saturated carbocycles. The zero-order chi connectivity index (χ0) is 28.4. The van der Waals surface area contributed by atoms with Gasteiger partial charge in [0.05, 0.1) is 12.2 Å². The third kappa shape index (κ3) is 6.34. The molecule has 0 amide bonds. The number of nitrogens with zero attached hydrogens (tertiary/aromatic N) is 5. The van der Waals surface area contributed by atoms with Gasteiger partial charge in [-0.2, -0.15) is 0 Å². The SMILES string of the molecule is CC1CC1CN(Cc1ccccc1)c1cc(-c2nnc([C@H](C)C(N)c3ccccc3)o2)cc(N(C)S(C)(=O)=O)n1. The Bertz CT molecular complexity index is 1540. The number of aromatic nitrogens is 3. The van der Waals surface area contributed by atoms with Crippen LogP contribution in [0.4, 0.5) is 11.6 Å². The lowest BCUT2D eigenvalue weighted by Crippen LogP contribution is -2.29. The summed E-state index contributed by atoms with van der Waals surface area (Å²) in [5, 5.41) is 8.64. The van der Waals surface area contributed by atoms with Gasteiger partial charge in [-0.3, -0.25) is 4.31 Å². The van der Waals surface area contributed by atoms with Crippen molar-refractivity contribution >= 4 is 21.7 Å². The molecule has 1 fully saturated rings. The Morgan fingerprint density at radius 1 is 1.02 bits per heavy atom. The standard InChI is InChI=1S/C30H36N6O3S/c1-20-15-25(20)19-36(18-22-11-7-5-8-12-22)27-17-24(16-26(32-27)35(3)40(4,37)38)30-34-33-29(39-30)21(2)28(31)23-13-9-6-10-14-23/h5-14,16-17,20-21,25,28H,15,18-19,31H2,1-4H3/t20?,21-,25?,28?/m1/s1. The zero-order valence-electron chi connectivity index (χ0n) is 23.3. The van der Waals surface area contributed by atoms with Crippen LogP contribution in [0.3, 0.4) is 0 Å². The third-order valence-corrected chi connectivity index (χ3v) is 8.87. The molecule has 4 aromatic rings. The number of rotatable bonds is 11. The van der Waals surface area contributed by atoms with Gasteiger partial charge in [0, 0.05) is 31.7 Å². The van der Waals surface area contributed by atoms with Crippen LogP contribution in [0.25, 0.3) is 11.5 Å². The highest BCUT2D eigenvalue weighted by molar-refractivity contribution is 7.92. The summed E-state index contributed by atoms with van der Waals surface area (Å²) in [5.74, 6) is 2.61. The van der Waals surface area contributed by atoms with E-state index in [4.69, 9.17) is 15.1 Å². The zero-order valence-corrected chi connectivity index (χ0v) is 24.1. The smallest absolute Gasteiger partial charge is 0.248 e. The van der Waals surface area contributed by atoms with Crippen molar-refractivity contribution < 1.29 is 12.8 Å². The first-order valence-electron chi connectivity index (χ1n) is 13.5. The second kappa shape index (κ2) is 11.4. The molecule has 2 aromatic carbocycles. The van der Waals surface area contributed by atoms with Crippen LogP contribution < -0.4 is 14.9 Å². The molecule has 10 heteroatoms. The maximum Gasteiger partial charge on any atom is 0.248 e. The van der Waals surface area contributed by atoms with E-state index < -0.39 is 10.0 Å². The van der Waals surface area contributed by atoms with Crippen LogP contribution in [0, 0.1) is 11.8 Å². The number of pyridine rings is 1. The summed E-state index contributed by atoms with van der Waals surface area (Å²) >= 11 is 0. The number of benzene rings is 2. The Morgan fingerprint density at radius 3 is 2.27 bits per heavy atom. The molecule has 4 atom stereocenters. The van der Waals surface area contributed by atoms with E-state index in [1.54, 1.807) is 6.07 Å². The summed E-state index contributed by atoms with van der Waals surface area (Å²) < 4.78 is 32.3. The molecule has 2 heterocycles. The van der Waals surface area contributed by atoms with E-state index in [1.807, 2.05) is 61.5 Å². The highest BCUT2D eigenvalue weighted by Gasteiger charge is 2.35. The average Bonchev–Trinajstić information content (AvgIpc) is 3.43. The topological polar surface area (TPSA) is 118 Å². The molecule has 2 aromatic heterocycles. The van der Waals surface area contributed by atoms with Gasteiger partial charge in [0.2, 0.25) is 21.8 Å². The molecule has 0 radical (unpaired) electrons. The number of anilines is 2. The van der Waals surface area contributed by atoms with Gasteiger partial charge in [-0.15, -0.1) is 10.2 Å². The van der Waals surface area contributed by atoms with Crippen molar-refractivity contribution in [3.8, 4) is 11.5 Å². The fraction of sp³-hybridized carbons (Fsp3) is 0.367. The molecule has 9 nitrogen and oxygen atoms in total. The van der Waals surface area contributed by atoms with Gasteiger partial charge in [-0.25, -0.2) is 13.4 Å². The molecular weight excluding hydrogens is 524 g/mol. The van der Waals surface area contributed by atoms with Crippen LogP contribution in [-0.4, -0.2) is 43.4 Å². The third-order valence-electron chi connectivity index (χ3n) is 7.69. The molecule has 0 aliphatic heterocycles. The predicted octanol–water partition coefficient (Wildman–Crippen LogP) is 4.99. The molecule has 210 valence electrons. The maximum absolute atomic E-state index is 12.5. The Labute approximate surface area is 236 Å². The Morgan fingerprint density at radius 2 is 1.65 bits per heavy atom. The van der Waals surface area contributed by atoms with Gasteiger partial charge < -0.3 is 15.1 Å². The number of hydrogen-bond acceptors (Lipinski definition) is 8. The van der Waals surface area contributed by atoms with Crippen molar-refractivity contribution in [3.05, 3.63) is 89.8 Å². The van der Waals surface area contributed by atoms with Crippen molar-refractivity contribution in [3.63, 3.8) is 0 Å². The highest BCUT2D eigenvalue weighted by Crippen LogP contribution is 2.40. The number of nitrogens with two attached hydrogens (primary N) is 1.